The number of aliphatic hydroxyl groups excluding tert-OH is 1. The van der Waals surface area contributed by atoms with Crippen molar-refractivity contribution in [1.29, 1.82) is 0 Å². The third kappa shape index (κ3) is 5.70. The largest absolute Gasteiger partial charge is 0.491 e. The van der Waals surface area contributed by atoms with E-state index in [0.717, 1.165) is 0 Å². The zero-order valence-electron chi connectivity index (χ0n) is 11.0. The SMILES string of the molecule is COCCNCC(O)COc1ccc([N+](=O)[O-])c(Cl)c1. The molecule has 0 aromatic heterocycles. The summed E-state index contributed by atoms with van der Waals surface area (Å²) in [6, 6.07) is 4.06. The lowest BCUT2D eigenvalue weighted by Gasteiger charge is -2.13. The van der Waals surface area contributed by atoms with Gasteiger partial charge in [-0.15, -0.1) is 0 Å². The summed E-state index contributed by atoms with van der Waals surface area (Å²) < 4.78 is 10.2. The number of nitro benzene ring substituents is 1. The van der Waals surface area contributed by atoms with Gasteiger partial charge in [-0.05, 0) is 6.07 Å². The molecule has 0 fully saturated rings. The molecule has 0 aliphatic heterocycles. The van der Waals surface area contributed by atoms with Crippen molar-refractivity contribution in [3.63, 3.8) is 0 Å². The highest BCUT2D eigenvalue weighted by Crippen LogP contribution is 2.28. The maximum Gasteiger partial charge on any atom is 0.288 e. The number of nitrogens with one attached hydrogen (secondary N) is 1. The smallest absolute Gasteiger partial charge is 0.288 e. The van der Waals surface area contributed by atoms with Gasteiger partial charge in [0.15, 0.2) is 0 Å². The standard InChI is InChI=1S/C12H17ClN2O5/c1-19-5-4-14-7-9(16)8-20-10-2-3-12(15(17)18)11(13)6-10/h2-3,6,9,14,16H,4-5,7-8H2,1H3. The molecule has 1 atom stereocenters. The van der Waals surface area contributed by atoms with Gasteiger partial charge in [-0.1, -0.05) is 11.6 Å². The first-order chi connectivity index (χ1) is 9.54. The van der Waals surface area contributed by atoms with Crippen LogP contribution in [0.3, 0.4) is 0 Å². The average molecular weight is 305 g/mol. The van der Waals surface area contributed by atoms with Crippen molar-refractivity contribution in [3.8, 4) is 5.75 Å². The molecule has 0 bridgehead atoms. The Hall–Kier alpha value is -1.41. The van der Waals surface area contributed by atoms with Gasteiger partial charge in [0.2, 0.25) is 0 Å². The summed E-state index contributed by atoms with van der Waals surface area (Å²) in [4.78, 5) is 10.0. The van der Waals surface area contributed by atoms with Gasteiger partial charge in [-0.25, -0.2) is 0 Å². The van der Waals surface area contributed by atoms with Gasteiger partial charge < -0.3 is 19.9 Å². The van der Waals surface area contributed by atoms with Gasteiger partial charge in [0.05, 0.1) is 11.5 Å². The van der Waals surface area contributed by atoms with Crippen LogP contribution in [-0.2, 0) is 4.74 Å². The highest BCUT2D eigenvalue weighted by Gasteiger charge is 2.13. The first kappa shape index (κ1) is 16.6. The van der Waals surface area contributed by atoms with Gasteiger partial charge in [-0.3, -0.25) is 10.1 Å². The van der Waals surface area contributed by atoms with Crippen molar-refractivity contribution < 1.29 is 19.5 Å². The van der Waals surface area contributed by atoms with E-state index >= 15 is 0 Å². The van der Waals surface area contributed by atoms with E-state index in [9.17, 15) is 15.2 Å². The van der Waals surface area contributed by atoms with Crippen molar-refractivity contribution in [2.24, 2.45) is 0 Å². The molecule has 0 saturated heterocycles. The van der Waals surface area contributed by atoms with Crippen LogP contribution in [0, 0.1) is 10.1 Å². The topological polar surface area (TPSA) is 93.9 Å². The monoisotopic (exact) mass is 304 g/mol. The summed E-state index contributed by atoms with van der Waals surface area (Å²) in [6.45, 7) is 1.63. The summed E-state index contributed by atoms with van der Waals surface area (Å²) in [5, 5.41) is 23.2. The second kappa shape index (κ2) is 8.70. The summed E-state index contributed by atoms with van der Waals surface area (Å²) >= 11 is 5.75. The van der Waals surface area contributed by atoms with Crippen LogP contribution in [0.2, 0.25) is 5.02 Å². The second-order valence-electron chi connectivity index (χ2n) is 4.03. The summed E-state index contributed by atoms with van der Waals surface area (Å²) in [6.07, 6.45) is -0.694. The molecular formula is C12H17ClN2O5. The predicted octanol–water partition coefficient (Wildman–Crippen LogP) is 1.22. The molecule has 0 amide bonds. The van der Waals surface area contributed by atoms with Gasteiger partial charge >= 0.3 is 0 Å². The van der Waals surface area contributed by atoms with Crippen molar-refractivity contribution in [2.45, 2.75) is 6.10 Å². The fourth-order valence-electron chi connectivity index (χ4n) is 1.42. The lowest BCUT2D eigenvalue weighted by Crippen LogP contribution is -2.33. The van der Waals surface area contributed by atoms with Crippen molar-refractivity contribution in [1.82, 2.24) is 5.32 Å². The molecule has 0 aliphatic carbocycles. The average Bonchev–Trinajstić information content (AvgIpc) is 2.41. The van der Waals surface area contributed by atoms with Crippen molar-refractivity contribution in [3.05, 3.63) is 33.3 Å². The summed E-state index contributed by atoms with van der Waals surface area (Å²) in [7, 11) is 1.60. The van der Waals surface area contributed by atoms with Crippen LogP contribution in [0.25, 0.3) is 0 Å². The number of ether oxygens (including phenoxy) is 2. The summed E-state index contributed by atoms with van der Waals surface area (Å²) in [5.74, 6) is 0.372. The van der Waals surface area contributed by atoms with Crippen LogP contribution in [0.5, 0.6) is 5.75 Å². The quantitative estimate of drug-likeness (QED) is 0.405. The molecule has 7 nitrogen and oxygen atoms in total. The maximum absolute atomic E-state index is 10.6. The van der Waals surface area contributed by atoms with Crippen LogP contribution in [0.15, 0.2) is 18.2 Å². The molecule has 0 aliphatic rings. The maximum atomic E-state index is 10.6. The molecule has 8 heteroatoms. The Morgan fingerprint density at radius 3 is 2.90 bits per heavy atom. The van der Waals surface area contributed by atoms with E-state index < -0.39 is 11.0 Å². The zero-order chi connectivity index (χ0) is 15.0. The Balaban J connectivity index is 2.38. The lowest BCUT2D eigenvalue weighted by molar-refractivity contribution is -0.384. The molecule has 0 spiro atoms. The molecular weight excluding hydrogens is 288 g/mol. The number of hydrogen-bond acceptors (Lipinski definition) is 6. The molecule has 20 heavy (non-hydrogen) atoms. The van der Waals surface area contributed by atoms with Crippen LogP contribution < -0.4 is 10.1 Å². The molecule has 1 rings (SSSR count). The van der Waals surface area contributed by atoms with Gasteiger partial charge in [0.25, 0.3) is 5.69 Å². The molecule has 112 valence electrons. The van der Waals surface area contributed by atoms with E-state index in [4.69, 9.17) is 21.1 Å². The first-order valence-electron chi connectivity index (χ1n) is 5.99. The molecule has 1 aromatic carbocycles. The fourth-order valence-corrected chi connectivity index (χ4v) is 1.66. The van der Waals surface area contributed by atoms with Gasteiger partial charge in [0, 0.05) is 32.3 Å². The highest BCUT2D eigenvalue weighted by molar-refractivity contribution is 6.32. The highest BCUT2D eigenvalue weighted by atomic mass is 35.5. The molecule has 1 aromatic rings. The number of hydrogen-bond donors (Lipinski definition) is 2. The third-order valence-electron chi connectivity index (χ3n) is 2.42. The second-order valence-corrected chi connectivity index (χ2v) is 4.44. The zero-order valence-corrected chi connectivity index (χ0v) is 11.8. The minimum atomic E-state index is -0.694. The van der Waals surface area contributed by atoms with E-state index in [1.807, 2.05) is 0 Å². The number of rotatable bonds is 9. The Morgan fingerprint density at radius 1 is 1.55 bits per heavy atom. The van der Waals surface area contributed by atoms with Crippen LogP contribution in [0.1, 0.15) is 0 Å². The normalized spacial score (nSPS) is 12.2. The number of nitro groups is 1. The van der Waals surface area contributed by atoms with E-state index in [2.05, 4.69) is 5.32 Å². The number of methoxy groups -OCH3 is 1. The van der Waals surface area contributed by atoms with E-state index in [1.165, 1.54) is 18.2 Å². The minimum absolute atomic E-state index is 0.000194. The van der Waals surface area contributed by atoms with Crippen molar-refractivity contribution >= 4 is 17.3 Å². The Kier molecular flexibility index (Phi) is 7.24. The third-order valence-corrected chi connectivity index (χ3v) is 2.72. The summed E-state index contributed by atoms with van der Waals surface area (Å²) in [5.41, 5.74) is -0.180. The number of halogens is 1. The predicted molar refractivity (Wildman–Crippen MR) is 74.4 cm³/mol. The lowest BCUT2D eigenvalue weighted by atomic mass is 10.3. The van der Waals surface area contributed by atoms with Gasteiger partial charge in [0.1, 0.15) is 23.5 Å². The van der Waals surface area contributed by atoms with Crippen LogP contribution in [-0.4, -0.2) is 49.5 Å². The molecule has 2 N–H and O–H groups in total. The Labute approximate surface area is 121 Å². The molecule has 0 heterocycles. The van der Waals surface area contributed by atoms with E-state index in [1.54, 1.807) is 7.11 Å². The Bertz CT molecular complexity index is 444. The van der Waals surface area contributed by atoms with Gasteiger partial charge in [-0.2, -0.15) is 0 Å². The Morgan fingerprint density at radius 2 is 2.30 bits per heavy atom. The van der Waals surface area contributed by atoms with E-state index in [-0.39, 0.29) is 17.3 Å². The number of benzene rings is 1. The molecule has 0 radical (unpaired) electrons. The minimum Gasteiger partial charge on any atom is -0.491 e. The molecule has 1 unspecified atom stereocenters. The van der Waals surface area contributed by atoms with Crippen LogP contribution >= 0.6 is 11.6 Å². The fraction of sp³-hybridized carbons (Fsp3) is 0.500. The van der Waals surface area contributed by atoms with Crippen LogP contribution in [0.4, 0.5) is 5.69 Å². The molecule has 0 saturated carbocycles. The first-order valence-corrected chi connectivity index (χ1v) is 6.37. The van der Waals surface area contributed by atoms with Crippen molar-refractivity contribution in [2.75, 3.05) is 33.4 Å². The number of aliphatic hydroxyl groups is 1. The van der Waals surface area contributed by atoms with E-state index in [0.29, 0.717) is 25.4 Å². The number of nitrogens with zero attached hydrogens (tertiary/aromatic N) is 1.